The van der Waals surface area contributed by atoms with Crippen LogP contribution in [0.2, 0.25) is 5.02 Å². The highest BCUT2D eigenvalue weighted by Crippen LogP contribution is 2.23. The topological polar surface area (TPSA) is 89.3 Å². The lowest BCUT2D eigenvalue weighted by molar-refractivity contribution is 0.100. The minimum Gasteiger partial charge on any atom is -0.381 e. The lowest BCUT2D eigenvalue weighted by Gasteiger charge is -2.13. The fourth-order valence-electron chi connectivity index (χ4n) is 1.95. The lowest BCUT2D eigenvalue weighted by Crippen LogP contribution is -2.21. The summed E-state index contributed by atoms with van der Waals surface area (Å²) in [6.07, 6.45) is 0.566. The monoisotopic (exact) mass is 288 g/mol. The first-order valence-corrected chi connectivity index (χ1v) is 7.64. The second kappa shape index (κ2) is 4.78. The van der Waals surface area contributed by atoms with E-state index in [1.165, 1.54) is 6.07 Å². The average Bonchev–Trinajstić information content (AvgIpc) is 2.60. The van der Waals surface area contributed by atoms with Crippen LogP contribution >= 0.6 is 11.6 Å². The second-order valence-corrected chi connectivity index (χ2v) is 6.94. The van der Waals surface area contributed by atoms with E-state index in [9.17, 15) is 13.2 Å². The average molecular weight is 289 g/mol. The van der Waals surface area contributed by atoms with Gasteiger partial charge in [0.25, 0.3) is 0 Å². The summed E-state index contributed by atoms with van der Waals surface area (Å²) in [5.41, 5.74) is 6.06. The van der Waals surface area contributed by atoms with Crippen LogP contribution in [0.4, 0.5) is 5.69 Å². The first-order chi connectivity index (χ1) is 8.37. The summed E-state index contributed by atoms with van der Waals surface area (Å²) in [7, 11) is -2.93. The number of carbonyl (C=O) groups excluding carboxylic acids is 1. The van der Waals surface area contributed by atoms with E-state index in [0.717, 1.165) is 0 Å². The molecule has 1 fully saturated rings. The molecule has 1 unspecified atom stereocenters. The van der Waals surface area contributed by atoms with Gasteiger partial charge in [-0.1, -0.05) is 11.6 Å². The molecule has 5 nitrogen and oxygen atoms in total. The Labute approximate surface area is 110 Å². The van der Waals surface area contributed by atoms with Crippen molar-refractivity contribution in [1.82, 2.24) is 0 Å². The van der Waals surface area contributed by atoms with Crippen LogP contribution in [0.5, 0.6) is 0 Å². The van der Waals surface area contributed by atoms with Crippen LogP contribution in [0.3, 0.4) is 0 Å². The van der Waals surface area contributed by atoms with Gasteiger partial charge in [0.2, 0.25) is 5.91 Å². The van der Waals surface area contributed by atoms with E-state index < -0.39 is 15.7 Å². The molecule has 1 atom stereocenters. The molecule has 18 heavy (non-hydrogen) atoms. The molecule has 1 heterocycles. The van der Waals surface area contributed by atoms with Crippen LogP contribution < -0.4 is 11.1 Å². The first kappa shape index (κ1) is 13.2. The quantitative estimate of drug-likeness (QED) is 0.869. The van der Waals surface area contributed by atoms with E-state index in [1.807, 2.05) is 0 Å². The Morgan fingerprint density at radius 1 is 1.44 bits per heavy atom. The van der Waals surface area contributed by atoms with Crippen molar-refractivity contribution in [2.45, 2.75) is 12.5 Å². The third-order valence-electron chi connectivity index (χ3n) is 2.84. The van der Waals surface area contributed by atoms with Gasteiger partial charge in [-0.15, -0.1) is 0 Å². The van der Waals surface area contributed by atoms with E-state index in [2.05, 4.69) is 5.32 Å². The van der Waals surface area contributed by atoms with Crippen molar-refractivity contribution < 1.29 is 13.2 Å². The molecule has 1 aliphatic rings. The van der Waals surface area contributed by atoms with Crippen molar-refractivity contribution >= 4 is 33.0 Å². The maximum absolute atomic E-state index is 11.3. The van der Waals surface area contributed by atoms with Gasteiger partial charge in [0, 0.05) is 11.7 Å². The fraction of sp³-hybridized carbons (Fsp3) is 0.364. The molecule has 2 rings (SSSR count). The summed E-state index contributed by atoms with van der Waals surface area (Å²) in [6, 6.07) is 4.67. The molecule has 0 radical (unpaired) electrons. The standard InChI is InChI=1S/C11H13ClN2O3S/c12-10-2-1-7(5-9(10)11(13)15)14-8-3-4-18(16,17)6-8/h1-2,5,8,14H,3-4,6H2,(H2,13,15). The van der Waals surface area contributed by atoms with Crippen molar-refractivity contribution in [1.29, 1.82) is 0 Å². The normalized spacial score (nSPS) is 21.7. The van der Waals surface area contributed by atoms with Crippen molar-refractivity contribution in [2.75, 3.05) is 16.8 Å². The van der Waals surface area contributed by atoms with Gasteiger partial charge in [0.15, 0.2) is 9.84 Å². The first-order valence-electron chi connectivity index (χ1n) is 5.44. The van der Waals surface area contributed by atoms with Crippen molar-refractivity contribution in [3.8, 4) is 0 Å². The summed E-state index contributed by atoms with van der Waals surface area (Å²) < 4.78 is 22.7. The molecule has 1 amide bonds. The number of anilines is 1. The van der Waals surface area contributed by atoms with Gasteiger partial charge in [-0.3, -0.25) is 4.79 Å². The predicted molar refractivity (Wildman–Crippen MR) is 70.7 cm³/mol. The molecule has 3 N–H and O–H groups in total. The van der Waals surface area contributed by atoms with E-state index >= 15 is 0 Å². The van der Waals surface area contributed by atoms with Crippen molar-refractivity contribution in [3.63, 3.8) is 0 Å². The number of rotatable bonds is 3. The van der Waals surface area contributed by atoms with Crippen LogP contribution in [-0.4, -0.2) is 31.9 Å². The predicted octanol–water partition coefficient (Wildman–Crippen LogP) is 1.04. The maximum atomic E-state index is 11.3. The van der Waals surface area contributed by atoms with Gasteiger partial charge >= 0.3 is 0 Å². The van der Waals surface area contributed by atoms with Crippen LogP contribution in [0, 0.1) is 0 Å². The van der Waals surface area contributed by atoms with E-state index in [4.69, 9.17) is 17.3 Å². The molecular formula is C11H13ClN2O3S. The van der Waals surface area contributed by atoms with Crippen molar-refractivity contribution in [3.05, 3.63) is 28.8 Å². The lowest BCUT2D eigenvalue weighted by atomic mass is 10.1. The summed E-state index contributed by atoms with van der Waals surface area (Å²) in [5.74, 6) is -0.301. The summed E-state index contributed by atoms with van der Waals surface area (Å²) in [6.45, 7) is 0. The van der Waals surface area contributed by atoms with Gasteiger partial charge < -0.3 is 11.1 Å². The molecule has 1 aliphatic heterocycles. The Kier molecular flexibility index (Phi) is 3.49. The molecule has 98 valence electrons. The Hall–Kier alpha value is -1.27. The number of sulfone groups is 1. The number of nitrogens with two attached hydrogens (primary N) is 1. The Morgan fingerprint density at radius 3 is 2.72 bits per heavy atom. The molecule has 1 aromatic carbocycles. The van der Waals surface area contributed by atoms with Crippen LogP contribution in [0.1, 0.15) is 16.8 Å². The third kappa shape index (κ3) is 2.94. The molecule has 0 bridgehead atoms. The molecule has 0 aliphatic carbocycles. The number of benzene rings is 1. The number of carbonyl (C=O) groups is 1. The molecule has 7 heteroatoms. The van der Waals surface area contributed by atoms with Crippen LogP contribution in [-0.2, 0) is 9.84 Å². The smallest absolute Gasteiger partial charge is 0.250 e. The van der Waals surface area contributed by atoms with E-state index in [1.54, 1.807) is 12.1 Å². The Bertz CT molecular complexity index is 586. The van der Waals surface area contributed by atoms with Gasteiger partial charge in [-0.25, -0.2) is 8.42 Å². The Balaban J connectivity index is 2.16. The zero-order valence-electron chi connectivity index (χ0n) is 9.52. The molecule has 0 aromatic heterocycles. The number of amides is 1. The number of primary amides is 1. The second-order valence-electron chi connectivity index (χ2n) is 4.30. The van der Waals surface area contributed by atoms with Gasteiger partial charge in [0.1, 0.15) is 0 Å². The maximum Gasteiger partial charge on any atom is 0.250 e. The van der Waals surface area contributed by atoms with Gasteiger partial charge in [0.05, 0.1) is 22.1 Å². The van der Waals surface area contributed by atoms with Gasteiger partial charge in [-0.05, 0) is 24.6 Å². The summed E-state index contributed by atoms with van der Waals surface area (Å²) >= 11 is 5.83. The summed E-state index contributed by atoms with van der Waals surface area (Å²) in [5, 5.41) is 3.36. The molecule has 0 spiro atoms. The molecule has 1 saturated heterocycles. The number of hydrogen-bond acceptors (Lipinski definition) is 4. The SMILES string of the molecule is NC(=O)c1cc(NC2CCS(=O)(=O)C2)ccc1Cl. The zero-order chi connectivity index (χ0) is 13.3. The molecule has 1 aromatic rings. The largest absolute Gasteiger partial charge is 0.381 e. The highest BCUT2D eigenvalue weighted by molar-refractivity contribution is 7.91. The van der Waals surface area contributed by atoms with Crippen LogP contribution in [0.15, 0.2) is 18.2 Å². The number of halogens is 1. The molecular weight excluding hydrogens is 276 g/mol. The minimum atomic E-state index is -2.93. The third-order valence-corrected chi connectivity index (χ3v) is 4.93. The summed E-state index contributed by atoms with van der Waals surface area (Å²) in [4.78, 5) is 11.1. The van der Waals surface area contributed by atoms with Crippen molar-refractivity contribution in [2.24, 2.45) is 5.73 Å². The Morgan fingerprint density at radius 2 is 2.17 bits per heavy atom. The van der Waals surface area contributed by atoms with Crippen LogP contribution in [0.25, 0.3) is 0 Å². The van der Waals surface area contributed by atoms with E-state index in [-0.39, 0.29) is 28.1 Å². The highest BCUT2D eigenvalue weighted by Gasteiger charge is 2.27. The number of nitrogens with one attached hydrogen (secondary N) is 1. The zero-order valence-corrected chi connectivity index (χ0v) is 11.1. The fourth-order valence-corrected chi connectivity index (χ4v) is 3.83. The highest BCUT2D eigenvalue weighted by atomic mass is 35.5. The van der Waals surface area contributed by atoms with E-state index in [0.29, 0.717) is 12.1 Å². The minimum absolute atomic E-state index is 0.113. The van der Waals surface area contributed by atoms with Gasteiger partial charge in [-0.2, -0.15) is 0 Å². The number of hydrogen-bond donors (Lipinski definition) is 2. The molecule has 0 saturated carbocycles.